The molecule has 2 unspecified atom stereocenters. The van der Waals surface area contributed by atoms with Crippen molar-refractivity contribution in [3.05, 3.63) is 95.1 Å². The number of benzene rings is 3. The maximum atomic E-state index is 6.53. The van der Waals surface area contributed by atoms with Gasteiger partial charge in [0.15, 0.2) is 6.29 Å². The Balaban J connectivity index is 1.18. The Morgan fingerprint density at radius 1 is 0.868 bits per heavy atom. The molecule has 3 aliphatic rings. The molecule has 2 fully saturated rings. The topological polar surface area (TPSA) is 40.2 Å². The molecule has 1 saturated heterocycles. The van der Waals surface area contributed by atoms with Gasteiger partial charge in [0.2, 0.25) is 0 Å². The van der Waals surface area contributed by atoms with Gasteiger partial charge in [-0.15, -0.1) is 0 Å². The number of hydrogen-bond acceptors (Lipinski definition) is 5. The van der Waals surface area contributed by atoms with Gasteiger partial charge in [0.25, 0.3) is 0 Å². The second kappa shape index (κ2) is 11.5. The van der Waals surface area contributed by atoms with E-state index >= 15 is 0 Å². The average Bonchev–Trinajstić information content (AvgIpc) is 3.83. The van der Waals surface area contributed by atoms with E-state index in [0.29, 0.717) is 25.0 Å². The Hall–Kier alpha value is -2.86. The number of fused-ring (bicyclic) bond motifs is 1. The van der Waals surface area contributed by atoms with E-state index in [9.17, 15) is 0 Å². The predicted molar refractivity (Wildman–Crippen MR) is 150 cm³/mol. The number of nitrogens with zero attached hydrogens (tertiary/aromatic N) is 1. The SMILES string of the molecule is COC(OC)C1CCN(c2ccc(C3c4ccc(OCc5ccccc5)cc4COC3C3CC3)cc2)CC1. The molecule has 0 N–H and O–H groups in total. The quantitative estimate of drug-likeness (QED) is 0.304. The summed E-state index contributed by atoms with van der Waals surface area (Å²) in [5.41, 5.74) is 6.45. The smallest absolute Gasteiger partial charge is 0.159 e. The highest BCUT2D eigenvalue weighted by molar-refractivity contribution is 5.51. The third kappa shape index (κ3) is 5.47. The first-order valence-electron chi connectivity index (χ1n) is 14.0. The van der Waals surface area contributed by atoms with Gasteiger partial charge in [0.1, 0.15) is 12.4 Å². The van der Waals surface area contributed by atoms with Gasteiger partial charge in [-0.25, -0.2) is 0 Å². The highest BCUT2D eigenvalue weighted by atomic mass is 16.7. The van der Waals surface area contributed by atoms with Crippen LogP contribution in [0.25, 0.3) is 0 Å². The van der Waals surface area contributed by atoms with Crippen LogP contribution in [0.3, 0.4) is 0 Å². The van der Waals surface area contributed by atoms with Crippen molar-refractivity contribution in [3.8, 4) is 5.75 Å². The summed E-state index contributed by atoms with van der Waals surface area (Å²) in [5, 5.41) is 0. The Bertz CT molecular complexity index is 1180. The van der Waals surface area contributed by atoms with Crippen molar-refractivity contribution in [1.29, 1.82) is 0 Å². The number of piperidine rings is 1. The van der Waals surface area contributed by atoms with E-state index in [0.717, 1.165) is 31.7 Å². The summed E-state index contributed by atoms with van der Waals surface area (Å²) in [7, 11) is 3.47. The van der Waals surface area contributed by atoms with Crippen molar-refractivity contribution in [2.24, 2.45) is 11.8 Å². The summed E-state index contributed by atoms with van der Waals surface area (Å²) < 4.78 is 23.7. The number of rotatable bonds is 9. The third-order valence-corrected chi connectivity index (χ3v) is 8.55. The van der Waals surface area contributed by atoms with E-state index in [4.69, 9.17) is 18.9 Å². The number of methoxy groups -OCH3 is 2. The normalized spacial score (nSPS) is 21.9. The van der Waals surface area contributed by atoms with Crippen LogP contribution in [0.5, 0.6) is 5.75 Å². The maximum absolute atomic E-state index is 6.53. The first-order chi connectivity index (χ1) is 18.7. The van der Waals surface area contributed by atoms with E-state index in [1.165, 1.54) is 40.8 Å². The van der Waals surface area contributed by atoms with Gasteiger partial charge >= 0.3 is 0 Å². The maximum Gasteiger partial charge on any atom is 0.159 e. The van der Waals surface area contributed by atoms with Crippen LogP contribution < -0.4 is 9.64 Å². The van der Waals surface area contributed by atoms with Gasteiger partial charge < -0.3 is 23.8 Å². The van der Waals surface area contributed by atoms with Crippen LogP contribution in [0.2, 0.25) is 0 Å². The molecule has 3 aromatic carbocycles. The first-order valence-corrected chi connectivity index (χ1v) is 14.0. The van der Waals surface area contributed by atoms with Gasteiger partial charge in [-0.05, 0) is 78.1 Å². The molecule has 2 heterocycles. The molecule has 0 aromatic heterocycles. The highest BCUT2D eigenvalue weighted by Crippen LogP contribution is 2.48. The van der Waals surface area contributed by atoms with Crippen molar-refractivity contribution in [1.82, 2.24) is 0 Å². The molecule has 0 radical (unpaired) electrons. The van der Waals surface area contributed by atoms with E-state index in [1.54, 1.807) is 14.2 Å². The summed E-state index contributed by atoms with van der Waals surface area (Å²) in [6, 6.07) is 26.2. The lowest BCUT2D eigenvalue weighted by molar-refractivity contribution is -0.141. The molecule has 3 aromatic rings. The van der Waals surface area contributed by atoms with Crippen LogP contribution in [-0.4, -0.2) is 39.7 Å². The Labute approximate surface area is 226 Å². The molecule has 1 aliphatic carbocycles. The summed E-state index contributed by atoms with van der Waals surface area (Å²) in [6.07, 6.45) is 4.85. The van der Waals surface area contributed by atoms with Crippen LogP contribution in [0.15, 0.2) is 72.8 Å². The van der Waals surface area contributed by atoms with Crippen molar-refractivity contribution >= 4 is 5.69 Å². The Morgan fingerprint density at radius 2 is 1.61 bits per heavy atom. The zero-order valence-electron chi connectivity index (χ0n) is 22.6. The minimum Gasteiger partial charge on any atom is -0.489 e. The number of ether oxygens (including phenoxy) is 4. The molecule has 6 rings (SSSR count). The van der Waals surface area contributed by atoms with E-state index in [2.05, 4.69) is 59.5 Å². The zero-order valence-corrected chi connectivity index (χ0v) is 22.6. The van der Waals surface area contributed by atoms with Gasteiger partial charge in [0, 0.05) is 44.8 Å². The van der Waals surface area contributed by atoms with E-state index in [-0.39, 0.29) is 18.3 Å². The van der Waals surface area contributed by atoms with Crippen LogP contribution >= 0.6 is 0 Å². The Kier molecular flexibility index (Phi) is 7.68. The lowest BCUT2D eigenvalue weighted by atomic mass is 9.80. The summed E-state index contributed by atoms with van der Waals surface area (Å²) in [5.74, 6) is 2.29. The fourth-order valence-corrected chi connectivity index (χ4v) is 6.31. The van der Waals surface area contributed by atoms with Gasteiger partial charge in [0.05, 0.1) is 12.7 Å². The molecule has 0 bridgehead atoms. The van der Waals surface area contributed by atoms with Gasteiger partial charge in [-0.1, -0.05) is 48.5 Å². The lowest BCUT2D eigenvalue weighted by Crippen LogP contribution is -2.39. The van der Waals surface area contributed by atoms with Crippen LogP contribution in [0.4, 0.5) is 5.69 Å². The summed E-state index contributed by atoms with van der Waals surface area (Å²) in [6.45, 7) is 3.29. The minimum absolute atomic E-state index is 0.102. The van der Waals surface area contributed by atoms with E-state index < -0.39 is 0 Å². The fourth-order valence-electron chi connectivity index (χ4n) is 6.31. The summed E-state index contributed by atoms with van der Waals surface area (Å²) >= 11 is 0. The Morgan fingerprint density at radius 3 is 2.29 bits per heavy atom. The van der Waals surface area contributed by atoms with Crippen molar-refractivity contribution in [3.63, 3.8) is 0 Å². The van der Waals surface area contributed by atoms with E-state index in [1.807, 2.05) is 18.2 Å². The molecule has 38 heavy (non-hydrogen) atoms. The van der Waals surface area contributed by atoms with Crippen LogP contribution in [0, 0.1) is 11.8 Å². The third-order valence-electron chi connectivity index (χ3n) is 8.55. The molecule has 1 saturated carbocycles. The largest absolute Gasteiger partial charge is 0.489 e. The molecular weight excluding hydrogens is 474 g/mol. The molecule has 0 spiro atoms. The molecule has 2 aliphatic heterocycles. The highest BCUT2D eigenvalue weighted by Gasteiger charge is 2.42. The number of anilines is 1. The molecule has 0 amide bonds. The average molecular weight is 514 g/mol. The standard InChI is InChI=1S/C33H39NO4/c1-35-33(36-2)26-16-18-34(19-17-26)28-12-10-24(11-13-28)31-30-15-14-29(37-21-23-6-4-3-5-7-23)20-27(30)22-38-32(31)25-8-9-25/h3-7,10-15,20,25-26,31-33H,8-9,16-19,21-22H2,1-2H3. The zero-order chi connectivity index (χ0) is 25.9. The monoisotopic (exact) mass is 513 g/mol. The second-order valence-corrected chi connectivity index (χ2v) is 11.0. The molecular formula is C33H39NO4. The van der Waals surface area contributed by atoms with Crippen molar-refractivity contribution in [2.75, 3.05) is 32.2 Å². The second-order valence-electron chi connectivity index (χ2n) is 11.0. The molecule has 200 valence electrons. The number of hydrogen-bond donors (Lipinski definition) is 0. The van der Waals surface area contributed by atoms with Crippen molar-refractivity contribution < 1.29 is 18.9 Å². The first kappa shape index (κ1) is 25.4. The predicted octanol–water partition coefficient (Wildman–Crippen LogP) is 6.54. The lowest BCUT2D eigenvalue weighted by Gasteiger charge is -2.37. The van der Waals surface area contributed by atoms with Gasteiger partial charge in [-0.2, -0.15) is 0 Å². The minimum atomic E-state index is -0.102. The molecule has 5 heteroatoms. The fraction of sp³-hybridized carbons (Fsp3) is 0.455. The summed E-state index contributed by atoms with van der Waals surface area (Å²) in [4.78, 5) is 2.49. The van der Waals surface area contributed by atoms with Crippen molar-refractivity contribution in [2.45, 2.75) is 57.2 Å². The van der Waals surface area contributed by atoms with Crippen LogP contribution in [0.1, 0.15) is 53.9 Å². The molecule has 5 nitrogen and oxygen atoms in total. The molecule has 2 atom stereocenters. The van der Waals surface area contributed by atoms with Crippen LogP contribution in [-0.2, 0) is 27.4 Å². The van der Waals surface area contributed by atoms with Gasteiger partial charge in [-0.3, -0.25) is 0 Å².